The highest BCUT2D eigenvalue weighted by Crippen LogP contribution is 2.36. The molecule has 1 aliphatic carbocycles. The molecule has 9 heteroatoms. The van der Waals surface area contributed by atoms with Crippen molar-refractivity contribution in [1.29, 1.82) is 0 Å². The molecule has 0 amide bonds. The molecule has 0 unspecified atom stereocenters. The van der Waals surface area contributed by atoms with E-state index in [9.17, 15) is 4.79 Å². The van der Waals surface area contributed by atoms with E-state index in [4.69, 9.17) is 4.98 Å². The van der Waals surface area contributed by atoms with Crippen LogP contribution >= 0.6 is 23.1 Å². The van der Waals surface area contributed by atoms with Gasteiger partial charge in [-0.3, -0.25) is 9.36 Å². The van der Waals surface area contributed by atoms with Crippen LogP contribution in [0.2, 0.25) is 0 Å². The summed E-state index contributed by atoms with van der Waals surface area (Å²) in [6.07, 6.45) is 5.87. The maximum absolute atomic E-state index is 13.3. The molecule has 3 aromatic heterocycles. The normalized spacial score (nSPS) is 16.4. The van der Waals surface area contributed by atoms with Crippen molar-refractivity contribution in [3.05, 3.63) is 39.3 Å². The van der Waals surface area contributed by atoms with Crippen molar-refractivity contribution in [1.82, 2.24) is 29.8 Å². The maximum Gasteiger partial charge on any atom is 0.263 e. The van der Waals surface area contributed by atoms with Gasteiger partial charge in [-0.05, 0) is 47.6 Å². The van der Waals surface area contributed by atoms with Crippen LogP contribution in [0.15, 0.2) is 22.6 Å². The number of allylic oxidation sites excluding steroid dienone is 1. The molecular weight excluding hydrogens is 392 g/mol. The lowest BCUT2D eigenvalue weighted by atomic mass is 9.89. The van der Waals surface area contributed by atoms with E-state index in [1.807, 2.05) is 4.68 Å². The zero-order valence-electron chi connectivity index (χ0n) is 16.2. The van der Waals surface area contributed by atoms with Crippen molar-refractivity contribution in [2.45, 2.75) is 63.5 Å². The van der Waals surface area contributed by atoms with E-state index in [0.29, 0.717) is 23.4 Å². The van der Waals surface area contributed by atoms with Crippen LogP contribution < -0.4 is 5.56 Å². The Bertz CT molecular complexity index is 1070. The summed E-state index contributed by atoms with van der Waals surface area (Å²) >= 11 is 3.19. The van der Waals surface area contributed by atoms with Gasteiger partial charge in [-0.1, -0.05) is 31.7 Å². The molecule has 0 aliphatic heterocycles. The lowest BCUT2D eigenvalue weighted by Crippen LogP contribution is -2.23. The van der Waals surface area contributed by atoms with Gasteiger partial charge in [-0.2, -0.15) is 0 Å². The van der Waals surface area contributed by atoms with E-state index in [-0.39, 0.29) is 5.56 Å². The molecule has 3 aromatic rings. The summed E-state index contributed by atoms with van der Waals surface area (Å²) in [7, 11) is 0. The van der Waals surface area contributed by atoms with Crippen molar-refractivity contribution in [3.8, 4) is 0 Å². The van der Waals surface area contributed by atoms with Crippen LogP contribution in [-0.4, -0.2) is 29.8 Å². The van der Waals surface area contributed by atoms with E-state index >= 15 is 0 Å². The largest absolute Gasteiger partial charge is 0.283 e. The molecule has 0 N–H and O–H groups in total. The van der Waals surface area contributed by atoms with E-state index in [1.54, 1.807) is 22.0 Å². The third-order valence-electron chi connectivity index (χ3n) is 5.06. The highest BCUT2D eigenvalue weighted by Gasteiger charge is 2.24. The summed E-state index contributed by atoms with van der Waals surface area (Å²) in [5, 5.41) is 13.4. The number of thioether (sulfide) groups is 1. The Labute approximate surface area is 171 Å². The van der Waals surface area contributed by atoms with E-state index < -0.39 is 0 Å². The van der Waals surface area contributed by atoms with Crippen LogP contribution in [-0.2, 0) is 31.7 Å². The van der Waals surface area contributed by atoms with Crippen LogP contribution in [0.25, 0.3) is 10.2 Å². The smallest absolute Gasteiger partial charge is 0.263 e. The minimum Gasteiger partial charge on any atom is -0.283 e. The number of fused-ring (bicyclic) bond motifs is 3. The van der Waals surface area contributed by atoms with Crippen LogP contribution in [0.3, 0.4) is 0 Å². The summed E-state index contributed by atoms with van der Waals surface area (Å²) in [6, 6.07) is 0. The van der Waals surface area contributed by atoms with Crippen LogP contribution in [0.1, 0.15) is 43.0 Å². The lowest BCUT2D eigenvalue weighted by Gasteiger charge is -2.17. The minimum atomic E-state index is 0.0487. The van der Waals surface area contributed by atoms with Crippen molar-refractivity contribution in [3.63, 3.8) is 0 Å². The molecule has 148 valence electrons. The molecule has 0 saturated carbocycles. The molecule has 0 aromatic carbocycles. The molecule has 0 bridgehead atoms. The van der Waals surface area contributed by atoms with Crippen LogP contribution in [0, 0.1) is 5.92 Å². The molecule has 1 atom stereocenters. The third kappa shape index (κ3) is 3.53. The van der Waals surface area contributed by atoms with Gasteiger partial charge in [0, 0.05) is 18.0 Å². The fourth-order valence-corrected chi connectivity index (χ4v) is 6.01. The monoisotopic (exact) mass is 416 g/mol. The number of hydrogen-bond acceptors (Lipinski definition) is 7. The first kappa shape index (κ1) is 19.3. The Morgan fingerprint density at radius 1 is 1.43 bits per heavy atom. The standard InChI is InChI=1S/C19H24N6OS2/c1-4-8-24-18(26)16-13-7-6-12(3)10-14(13)28-17(16)20-19(24)27-11-15-21-22-23-25(15)9-5-2/h4,12H,1,5-11H2,2-3H3/t12-/m0/s1. The molecule has 28 heavy (non-hydrogen) atoms. The summed E-state index contributed by atoms with van der Waals surface area (Å²) in [5.41, 5.74) is 1.27. The average Bonchev–Trinajstić information content (AvgIpc) is 3.26. The molecule has 7 nitrogen and oxygen atoms in total. The number of thiophene rings is 1. The Morgan fingerprint density at radius 2 is 2.29 bits per heavy atom. The first-order chi connectivity index (χ1) is 13.6. The van der Waals surface area contributed by atoms with Crippen LogP contribution in [0.5, 0.6) is 0 Å². The van der Waals surface area contributed by atoms with E-state index in [1.165, 1.54) is 22.2 Å². The first-order valence-corrected chi connectivity index (χ1v) is 11.5. The predicted octanol–water partition coefficient (Wildman–Crippen LogP) is 3.46. The fourth-order valence-electron chi connectivity index (χ4n) is 3.65. The molecule has 3 heterocycles. The molecule has 0 saturated heterocycles. The Morgan fingerprint density at radius 3 is 3.07 bits per heavy atom. The van der Waals surface area contributed by atoms with Gasteiger partial charge in [0.1, 0.15) is 4.83 Å². The fraction of sp³-hybridized carbons (Fsp3) is 0.526. The number of aryl methyl sites for hydroxylation is 2. The second kappa shape index (κ2) is 8.16. The lowest BCUT2D eigenvalue weighted by molar-refractivity contribution is 0.509. The van der Waals surface area contributed by atoms with E-state index in [0.717, 1.165) is 48.3 Å². The molecular formula is C19H24N6OS2. The number of aromatic nitrogens is 6. The molecule has 1 aliphatic rings. The van der Waals surface area contributed by atoms with Crippen molar-refractivity contribution < 1.29 is 0 Å². The Balaban J connectivity index is 1.73. The highest BCUT2D eigenvalue weighted by atomic mass is 32.2. The molecule has 4 rings (SSSR count). The zero-order valence-corrected chi connectivity index (χ0v) is 17.9. The number of hydrogen-bond donors (Lipinski definition) is 0. The van der Waals surface area contributed by atoms with Gasteiger partial charge in [0.2, 0.25) is 0 Å². The maximum atomic E-state index is 13.3. The number of tetrazole rings is 1. The van der Waals surface area contributed by atoms with Gasteiger partial charge >= 0.3 is 0 Å². The average molecular weight is 417 g/mol. The SMILES string of the molecule is C=CCn1c(SCc2nnnn2CCC)nc2sc3c(c2c1=O)CC[C@H](C)C3. The second-order valence-corrected chi connectivity index (χ2v) is 9.26. The topological polar surface area (TPSA) is 78.5 Å². The minimum absolute atomic E-state index is 0.0487. The second-order valence-electron chi connectivity index (χ2n) is 7.24. The zero-order chi connectivity index (χ0) is 19.7. The van der Waals surface area contributed by atoms with Crippen molar-refractivity contribution in [2.24, 2.45) is 5.92 Å². The van der Waals surface area contributed by atoms with Crippen molar-refractivity contribution in [2.75, 3.05) is 0 Å². The molecule has 0 spiro atoms. The molecule has 0 fully saturated rings. The summed E-state index contributed by atoms with van der Waals surface area (Å²) < 4.78 is 3.55. The third-order valence-corrected chi connectivity index (χ3v) is 7.18. The van der Waals surface area contributed by atoms with E-state index in [2.05, 4.69) is 36.0 Å². The van der Waals surface area contributed by atoms with Gasteiger partial charge in [0.25, 0.3) is 5.56 Å². The van der Waals surface area contributed by atoms with Crippen LogP contribution in [0.4, 0.5) is 0 Å². The summed E-state index contributed by atoms with van der Waals surface area (Å²) in [4.78, 5) is 20.4. The first-order valence-electron chi connectivity index (χ1n) is 9.66. The highest BCUT2D eigenvalue weighted by molar-refractivity contribution is 7.98. The van der Waals surface area contributed by atoms with Crippen molar-refractivity contribution >= 4 is 33.3 Å². The van der Waals surface area contributed by atoms with Gasteiger partial charge in [0.05, 0.1) is 11.1 Å². The summed E-state index contributed by atoms with van der Waals surface area (Å²) in [6.45, 7) is 9.42. The number of rotatable bonds is 7. The Hall–Kier alpha value is -2.00. The van der Waals surface area contributed by atoms with Gasteiger partial charge in [-0.15, -0.1) is 23.0 Å². The Kier molecular flexibility index (Phi) is 5.63. The summed E-state index contributed by atoms with van der Waals surface area (Å²) in [5.74, 6) is 2.04. The quantitative estimate of drug-likeness (QED) is 0.333. The van der Waals surface area contributed by atoms with Gasteiger partial charge in [0.15, 0.2) is 11.0 Å². The van der Waals surface area contributed by atoms with Gasteiger partial charge in [-0.25, -0.2) is 9.67 Å². The molecule has 0 radical (unpaired) electrons. The van der Waals surface area contributed by atoms with Gasteiger partial charge < -0.3 is 0 Å². The number of nitrogens with zero attached hydrogens (tertiary/aromatic N) is 6. The predicted molar refractivity (Wildman–Crippen MR) is 113 cm³/mol.